The minimum Gasteiger partial charge on any atom is -0.288 e. The van der Waals surface area contributed by atoms with Gasteiger partial charge in [0.25, 0.3) is 0 Å². The lowest BCUT2D eigenvalue weighted by Crippen LogP contribution is -2.05. The minimum absolute atomic E-state index is 0.00694. The highest BCUT2D eigenvalue weighted by Crippen LogP contribution is 2.19. The summed E-state index contributed by atoms with van der Waals surface area (Å²) in [5, 5.41) is 0.351. The fourth-order valence-electron chi connectivity index (χ4n) is 1.93. The summed E-state index contributed by atoms with van der Waals surface area (Å²) < 4.78 is 13.6. The molecule has 0 aliphatic rings. The first-order valence-electron chi connectivity index (χ1n) is 5.55. The Hall–Kier alpha value is -1.67. The van der Waals surface area contributed by atoms with Gasteiger partial charge < -0.3 is 0 Å². The number of carbonyl (C=O) groups is 1. The minimum atomic E-state index is -0.552. The van der Waals surface area contributed by atoms with Crippen molar-refractivity contribution in [2.75, 3.05) is 0 Å². The molecule has 2 rings (SSSR count). The first-order valence-corrected chi connectivity index (χ1v) is 5.93. The number of halogens is 2. The third-order valence-electron chi connectivity index (χ3n) is 2.66. The molecule has 0 saturated carbocycles. The van der Waals surface area contributed by atoms with Crippen molar-refractivity contribution in [1.29, 1.82) is 0 Å². The van der Waals surface area contributed by atoms with E-state index in [2.05, 4.69) is 0 Å². The van der Waals surface area contributed by atoms with Crippen LogP contribution in [-0.2, 0) is 0 Å². The Balaban J connectivity index is 2.51. The lowest BCUT2D eigenvalue weighted by Gasteiger charge is -2.06. The number of hydrogen-bond acceptors (Lipinski definition) is 1. The monoisotopic (exact) mass is 262 g/mol. The maximum absolute atomic E-state index is 13.6. The van der Waals surface area contributed by atoms with Crippen LogP contribution in [0.25, 0.3) is 0 Å². The zero-order chi connectivity index (χ0) is 13.3. The van der Waals surface area contributed by atoms with Crippen molar-refractivity contribution in [2.45, 2.75) is 13.8 Å². The van der Waals surface area contributed by atoms with Crippen molar-refractivity contribution in [3.05, 3.63) is 69.5 Å². The van der Waals surface area contributed by atoms with Crippen LogP contribution in [0.4, 0.5) is 4.39 Å². The van der Waals surface area contributed by atoms with Gasteiger partial charge in [0, 0.05) is 10.6 Å². The summed E-state index contributed by atoms with van der Waals surface area (Å²) in [6.45, 7) is 3.80. The van der Waals surface area contributed by atoms with Crippen LogP contribution in [0.5, 0.6) is 0 Å². The molecule has 2 aromatic carbocycles. The van der Waals surface area contributed by atoms with E-state index < -0.39 is 5.82 Å². The van der Waals surface area contributed by atoms with Crippen molar-refractivity contribution in [1.82, 2.24) is 0 Å². The molecule has 0 atom stereocenters. The molecule has 0 aromatic heterocycles. The van der Waals surface area contributed by atoms with Crippen LogP contribution in [0.2, 0.25) is 5.02 Å². The molecule has 0 bridgehead atoms. The quantitative estimate of drug-likeness (QED) is 0.737. The van der Waals surface area contributed by atoms with Crippen molar-refractivity contribution in [2.24, 2.45) is 0 Å². The largest absolute Gasteiger partial charge is 0.288 e. The van der Waals surface area contributed by atoms with E-state index in [4.69, 9.17) is 11.6 Å². The smallest absolute Gasteiger partial charge is 0.196 e. The first kappa shape index (κ1) is 12.8. The molecular weight excluding hydrogens is 251 g/mol. The van der Waals surface area contributed by atoms with E-state index in [-0.39, 0.29) is 11.3 Å². The predicted molar refractivity (Wildman–Crippen MR) is 70.8 cm³/mol. The number of rotatable bonds is 2. The summed E-state index contributed by atoms with van der Waals surface area (Å²) in [5.74, 6) is -0.898. The third-order valence-corrected chi connectivity index (χ3v) is 2.89. The van der Waals surface area contributed by atoms with Crippen LogP contribution < -0.4 is 0 Å². The van der Waals surface area contributed by atoms with Gasteiger partial charge in [0.15, 0.2) is 5.78 Å². The van der Waals surface area contributed by atoms with Gasteiger partial charge in [-0.2, -0.15) is 0 Å². The van der Waals surface area contributed by atoms with E-state index >= 15 is 0 Å². The molecule has 3 heteroatoms. The first-order chi connectivity index (χ1) is 8.47. The molecule has 0 N–H and O–H groups in total. The number of hydrogen-bond donors (Lipinski definition) is 0. The van der Waals surface area contributed by atoms with Gasteiger partial charge in [0.05, 0.1) is 5.56 Å². The Labute approximate surface area is 110 Å². The molecule has 0 fully saturated rings. The Morgan fingerprint density at radius 2 is 1.67 bits per heavy atom. The summed E-state index contributed by atoms with van der Waals surface area (Å²) in [5.41, 5.74) is 2.43. The summed E-state index contributed by atoms with van der Waals surface area (Å²) >= 11 is 5.79. The number of aryl methyl sites for hydroxylation is 2. The van der Waals surface area contributed by atoms with Crippen molar-refractivity contribution >= 4 is 17.4 Å². The van der Waals surface area contributed by atoms with Crippen LogP contribution in [0, 0.1) is 19.7 Å². The fourth-order valence-corrected chi connectivity index (χ4v) is 2.10. The molecule has 0 spiro atoms. The molecule has 92 valence electrons. The zero-order valence-electron chi connectivity index (χ0n) is 10.1. The van der Waals surface area contributed by atoms with Gasteiger partial charge in [-0.15, -0.1) is 0 Å². The molecule has 0 amide bonds. The van der Waals surface area contributed by atoms with Gasteiger partial charge >= 0.3 is 0 Å². The third kappa shape index (κ3) is 2.59. The topological polar surface area (TPSA) is 17.1 Å². The Bertz CT molecular complexity index is 600. The molecule has 0 aliphatic heterocycles. The highest BCUT2D eigenvalue weighted by molar-refractivity contribution is 6.31. The van der Waals surface area contributed by atoms with Crippen molar-refractivity contribution in [3.8, 4) is 0 Å². The highest BCUT2D eigenvalue weighted by atomic mass is 35.5. The van der Waals surface area contributed by atoms with E-state index in [0.29, 0.717) is 10.6 Å². The van der Waals surface area contributed by atoms with Crippen molar-refractivity contribution in [3.63, 3.8) is 0 Å². The van der Waals surface area contributed by atoms with E-state index in [0.717, 1.165) is 11.1 Å². The zero-order valence-corrected chi connectivity index (χ0v) is 10.9. The summed E-state index contributed by atoms with van der Waals surface area (Å²) in [6, 6.07) is 9.45. The van der Waals surface area contributed by atoms with Gasteiger partial charge in [-0.1, -0.05) is 28.8 Å². The molecule has 1 nitrogen and oxygen atoms in total. The Kier molecular flexibility index (Phi) is 3.48. The second-order valence-corrected chi connectivity index (χ2v) is 4.77. The Morgan fingerprint density at radius 1 is 1.06 bits per heavy atom. The molecule has 0 saturated heterocycles. The van der Waals surface area contributed by atoms with Crippen LogP contribution in [-0.4, -0.2) is 5.78 Å². The van der Waals surface area contributed by atoms with Crippen LogP contribution in [0.15, 0.2) is 36.4 Å². The number of benzene rings is 2. The maximum atomic E-state index is 13.6. The van der Waals surface area contributed by atoms with Gasteiger partial charge in [0.1, 0.15) is 5.82 Å². The van der Waals surface area contributed by atoms with Crippen LogP contribution >= 0.6 is 11.6 Å². The lowest BCUT2D eigenvalue weighted by molar-refractivity contribution is 0.103. The molecule has 0 radical (unpaired) electrons. The molecule has 0 aliphatic carbocycles. The normalized spacial score (nSPS) is 10.4. The van der Waals surface area contributed by atoms with E-state index in [1.54, 1.807) is 12.1 Å². The standard InChI is InChI=1S/C15H12ClFO/c1-9-5-10(2)7-11(6-9)15(18)13-8-12(16)3-4-14(13)17/h3-8H,1-2H3. The van der Waals surface area contributed by atoms with E-state index in [1.807, 2.05) is 19.9 Å². The van der Waals surface area contributed by atoms with Gasteiger partial charge in [-0.3, -0.25) is 4.79 Å². The van der Waals surface area contributed by atoms with E-state index in [1.165, 1.54) is 18.2 Å². The average Bonchev–Trinajstić information content (AvgIpc) is 2.30. The van der Waals surface area contributed by atoms with E-state index in [9.17, 15) is 9.18 Å². The maximum Gasteiger partial charge on any atom is 0.196 e. The molecular formula is C15H12ClFO. The SMILES string of the molecule is Cc1cc(C)cc(C(=O)c2cc(Cl)ccc2F)c1. The summed E-state index contributed by atoms with van der Waals surface area (Å²) in [4.78, 5) is 12.2. The van der Waals surface area contributed by atoms with Gasteiger partial charge in [-0.05, 0) is 44.2 Å². The van der Waals surface area contributed by atoms with Gasteiger partial charge in [0.2, 0.25) is 0 Å². The molecule has 0 heterocycles. The highest BCUT2D eigenvalue weighted by Gasteiger charge is 2.15. The number of carbonyl (C=O) groups excluding carboxylic acids is 1. The molecule has 0 unspecified atom stereocenters. The average molecular weight is 263 g/mol. The van der Waals surface area contributed by atoms with Crippen LogP contribution in [0.1, 0.15) is 27.0 Å². The number of ketones is 1. The fraction of sp³-hybridized carbons (Fsp3) is 0.133. The van der Waals surface area contributed by atoms with Gasteiger partial charge in [-0.25, -0.2) is 4.39 Å². The Morgan fingerprint density at radius 3 is 2.28 bits per heavy atom. The second kappa shape index (κ2) is 4.91. The summed E-state index contributed by atoms with van der Waals surface area (Å²) in [7, 11) is 0. The molecule has 2 aromatic rings. The predicted octanol–water partition coefficient (Wildman–Crippen LogP) is 4.33. The van der Waals surface area contributed by atoms with Crippen molar-refractivity contribution < 1.29 is 9.18 Å². The van der Waals surface area contributed by atoms with Crippen LogP contribution in [0.3, 0.4) is 0 Å². The summed E-state index contributed by atoms with van der Waals surface area (Å²) in [6.07, 6.45) is 0. The lowest BCUT2D eigenvalue weighted by atomic mass is 9.99. The molecule has 18 heavy (non-hydrogen) atoms. The second-order valence-electron chi connectivity index (χ2n) is 4.33.